The zero-order chi connectivity index (χ0) is 21.5. The van der Waals surface area contributed by atoms with Gasteiger partial charge < -0.3 is 4.90 Å². The number of sulfonamides is 1. The highest BCUT2D eigenvalue weighted by Crippen LogP contribution is 2.32. The van der Waals surface area contributed by atoms with Crippen molar-refractivity contribution in [3.63, 3.8) is 0 Å². The smallest absolute Gasteiger partial charge is 0.353 e. The molecular weight excluding hydrogens is 424 g/mol. The molecular formula is C19H16F4N4O2S. The Balaban J connectivity index is 1.63. The lowest BCUT2D eigenvalue weighted by Crippen LogP contribution is -2.49. The average molecular weight is 440 g/mol. The SMILES string of the molecule is O=S(=O)(c1ccccc1F)N1CCN(c2nc(C(F)(F)F)nc3ccccc23)CC1. The molecule has 0 radical (unpaired) electrons. The second-order valence-corrected chi connectivity index (χ2v) is 8.61. The van der Waals surface area contributed by atoms with Crippen molar-refractivity contribution in [3.8, 4) is 0 Å². The third kappa shape index (κ3) is 3.70. The first-order valence-electron chi connectivity index (χ1n) is 9.01. The van der Waals surface area contributed by atoms with E-state index in [0.717, 1.165) is 10.4 Å². The van der Waals surface area contributed by atoms with E-state index in [2.05, 4.69) is 9.97 Å². The van der Waals surface area contributed by atoms with Crippen molar-refractivity contribution >= 4 is 26.7 Å². The minimum atomic E-state index is -4.71. The summed E-state index contributed by atoms with van der Waals surface area (Å²) in [5.74, 6) is -2.01. The van der Waals surface area contributed by atoms with Crippen LogP contribution in [0.4, 0.5) is 23.4 Å². The summed E-state index contributed by atoms with van der Waals surface area (Å²) in [6.07, 6.45) is -4.71. The Kier molecular flexibility index (Phi) is 5.10. The van der Waals surface area contributed by atoms with Crippen LogP contribution in [-0.2, 0) is 16.2 Å². The van der Waals surface area contributed by atoms with Crippen molar-refractivity contribution in [2.75, 3.05) is 31.1 Å². The predicted molar refractivity (Wildman–Crippen MR) is 102 cm³/mol. The van der Waals surface area contributed by atoms with E-state index in [0.29, 0.717) is 5.39 Å². The topological polar surface area (TPSA) is 66.4 Å². The van der Waals surface area contributed by atoms with Crippen LogP contribution in [0.25, 0.3) is 10.9 Å². The maximum atomic E-state index is 14.0. The summed E-state index contributed by atoms with van der Waals surface area (Å²) >= 11 is 0. The fourth-order valence-corrected chi connectivity index (χ4v) is 4.85. The third-order valence-corrected chi connectivity index (χ3v) is 6.76. The van der Waals surface area contributed by atoms with Gasteiger partial charge in [0.25, 0.3) is 0 Å². The van der Waals surface area contributed by atoms with Crippen LogP contribution in [0.3, 0.4) is 0 Å². The van der Waals surface area contributed by atoms with Crippen molar-refractivity contribution in [1.29, 1.82) is 0 Å². The van der Waals surface area contributed by atoms with Crippen molar-refractivity contribution < 1.29 is 26.0 Å². The van der Waals surface area contributed by atoms with Gasteiger partial charge in [0, 0.05) is 31.6 Å². The number of nitrogens with zero attached hydrogens (tertiary/aromatic N) is 4. The highest BCUT2D eigenvalue weighted by Gasteiger charge is 2.37. The number of anilines is 1. The van der Waals surface area contributed by atoms with Crippen LogP contribution in [0, 0.1) is 5.82 Å². The zero-order valence-corrected chi connectivity index (χ0v) is 16.3. The molecule has 4 rings (SSSR count). The molecule has 1 aliphatic heterocycles. The summed E-state index contributed by atoms with van der Waals surface area (Å²) in [5, 5.41) is 0.441. The summed E-state index contributed by atoms with van der Waals surface area (Å²) in [6, 6.07) is 11.4. The first-order valence-corrected chi connectivity index (χ1v) is 10.5. The van der Waals surface area contributed by atoms with Gasteiger partial charge in [-0.25, -0.2) is 22.8 Å². The van der Waals surface area contributed by atoms with Crippen molar-refractivity contribution in [1.82, 2.24) is 14.3 Å². The number of aromatic nitrogens is 2. The van der Waals surface area contributed by atoms with Crippen molar-refractivity contribution in [2.45, 2.75) is 11.1 Å². The van der Waals surface area contributed by atoms with Crippen LogP contribution in [-0.4, -0.2) is 48.9 Å². The summed E-state index contributed by atoms with van der Waals surface area (Å²) in [7, 11) is -4.05. The lowest BCUT2D eigenvalue weighted by molar-refractivity contribution is -0.144. The normalized spacial score (nSPS) is 16.2. The molecule has 2 heterocycles. The van der Waals surface area contributed by atoms with Gasteiger partial charge in [0.2, 0.25) is 15.8 Å². The summed E-state index contributed by atoms with van der Waals surface area (Å²) in [6.45, 7) is 0.171. The number of fused-ring (bicyclic) bond motifs is 1. The number of benzene rings is 2. The molecule has 30 heavy (non-hydrogen) atoms. The molecule has 1 fully saturated rings. The van der Waals surface area contributed by atoms with E-state index < -0.39 is 32.7 Å². The number of hydrogen-bond donors (Lipinski definition) is 0. The lowest BCUT2D eigenvalue weighted by Gasteiger charge is -2.35. The molecule has 0 atom stereocenters. The van der Waals surface area contributed by atoms with Gasteiger partial charge in [0.1, 0.15) is 16.5 Å². The highest BCUT2D eigenvalue weighted by molar-refractivity contribution is 7.89. The van der Waals surface area contributed by atoms with Crippen LogP contribution < -0.4 is 4.90 Å². The van der Waals surface area contributed by atoms with E-state index in [1.807, 2.05) is 0 Å². The zero-order valence-electron chi connectivity index (χ0n) is 15.5. The monoisotopic (exact) mass is 440 g/mol. The molecule has 0 aliphatic carbocycles. The molecule has 6 nitrogen and oxygen atoms in total. The molecule has 0 unspecified atom stereocenters. The molecule has 0 bridgehead atoms. The van der Waals surface area contributed by atoms with Gasteiger partial charge in [-0.2, -0.15) is 17.5 Å². The number of halogens is 4. The van der Waals surface area contributed by atoms with E-state index >= 15 is 0 Å². The van der Waals surface area contributed by atoms with E-state index in [1.54, 1.807) is 23.1 Å². The Bertz CT molecular complexity index is 1190. The van der Waals surface area contributed by atoms with Gasteiger partial charge in [-0.15, -0.1) is 0 Å². The third-order valence-electron chi connectivity index (χ3n) is 4.83. The average Bonchev–Trinajstić information content (AvgIpc) is 2.72. The van der Waals surface area contributed by atoms with Crippen LogP contribution in [0.5, 0.6) is 0 Å². The minimum absolute atomic E-state index is 0.0175. The van der Waals surface area contributed by atoms with E-state index in [9.17, 15) is 26.0 Å². The van der Waals surface area contributed by atoms with E-state index in [-0.39, 0.29) is 37.5 Å². The maximum absolute atomic E-state index is 14.0. The summed E-state index contributed by atoms with van der Waals surface area (Å²) < 4.78 is 80.3. The van der Waals surface area contributed by atoms with Gasteiger partial charge >= 0.3 is 6.18 Å². The van der Waals surface area contributed by atoms with Crippen LogP contribution in [0.1, 0.15) is 5.82 Å². The Morgan fingerprint density at radius 3 is 2.17 bits per heavy atom. The molecule has 2 aromatic carbocycles. The molecule has 3 aromatic rings. The van der Waals surface area contributed by atoms with Crippen molar-refractivity contribution in [2.24, 2.45) is 0 Å². The Hall–Kier alpha value is -2.79. The molecule has 1 aromatic heterocycles. The van der Waals surface area contributed by atoms with Gasteiger partial charge in [-0.3, -0.25) is 0 Å². The molecule has 158 valence electrons. The minimum Gasteiger partial charge on any atom is -0.353 e. The van der Waals surface area contributed by atoms with Crippen LogP contribution in [0.15, 0.2) is 53.4 Å². The summed E-state index contributed by atoms with van der Waals surface area (Å²) in [5.41, 5.74) is 0.149. The standard InChI is InChI=1S/C19H16F4N4O2S/c20-14-6-2-4-8-16(14)30(28,29)27-11-9-26(10-12-27)17-13-5-1-3-7-15(13)24-18(25-17)19(21,22)23/h1-8H,9-12H2. The molecule has 0 saturated carbocycles. The fourth-order valence-electron chi connectivity index (χ4n) is 3.36. The summed E-state index contributed by atoms with van der Waals surface area (Å²) in [4.78, 5) is 8.48. The number of hydrogen-bond acceptors (Lipinski definition) is 5. The first-order chi connectivity index (χ1) is 14.2. The molecule has 1 aliphatic rings. The van der Waals surface area contributed by atoms with Gasteiger partial charge in [-0.1, -0.05) is 24.3 Å². The molecule has 1 saturated heterocycles. The van der Waals surface area contributed by atoms with Crippen LogP contribution >= 0.6 is 0 Å². The van der Waals surface area contributed by atoms with Crippen molar-refractivity contribution in [3.05, 3.63) is 60.2 Å². The number of alkyl halides is 3. The Morgan fingerprint density at radius 2 is 1.50 bits per heavy atom. The number of para-hydroxylation sites is 1. The van der Waals surface area contributed by atoms with Gasteiger partial charge in [-0.05, 0) is 24.3 Å². The molecule has 11 heteroatoms. The molecule has 0 N–H and O–H groups in total. The van der Waals surface area contributed by atoms with Gasteiger partial charge in [0.15, 0.2) is 0 Å². The van der Waals surface area contributed by atoms with Gasteiger partial charge in [0.05, 0.1) is 5.52 Å². The number of rotatable bonds is 3. The highest BCUT2D eigenvalue weighted by atomic mass is 32.2. The molecule has 0 spiro atoms. The molecule has 0 amide bonds. The van der Waals surface area contributed by atoms with E-state index in [4.69, 9.17) is 0 Å². The lowest BCUT2D eigenvalue weighted by atomic mass is 10.2. The second kappa shape index (κ2) is 7.47. The van der Waals surface area contributed by atoms with Crippen LogP contribution in [0.2, 0.25) is 0 Å². The fraction of sp³-hybridized carbons (Fsp3) is 0.263. The number of piperazine rings is 1. The Labute approximate surface area is 169 Å². The first kappa shape index (κ1) is 20.5. The largest absolute Gasteiger partial charge is 0.451 e. The second-order valence-electron chi connectivity index (χ2n) is 6.71. The Morgan fingerprint density at radius 1 is 0.867 bits per heavy atom. The quantitative estimate of drug-likeness (QED) is 0.585. The maximum Gasteiger partial charge on any atom is 0.451 e. The van der Waals surface area contributed by atoms with E-state index in [1.165, 1.54) is 24.3 Å². The predicted octanol–water partition coefficient (Wildman–Crippen LogP) is 3.30.